The zero-order valence-electron chi connectivity index (χ0n) is 18.7. The summed E-state index contributed by atoms with van der Waals surface area (Å²) < 4.78 is 13.3. The van der Waals surface area contributed by atoms with Gasteiger partial charge in [-0.05, 0) is 52.7 Å². The third-order valence-corrected chi connectivity index (χ3v) is 9.65. The summed E-state index contributed by atoms with van der Waals surface area (Å²) in [5.74, 6) is 0.680. The molecule has 2 fully saturated rings. The van der Waals surface area contributed by atoms with Gasteiger partial charge in [0, 0.05) is 34.8 Å². The highest BCUT2D eigenvalue weighted by Crippen LogP contribution is 2.66. The summed E-state index contributed by atoms with van der Waals surface area (Å²) in [6.45, 7) is 8.48. The molecule has 168 valence electrons. The number of hydrogen-bond donors (Lipinski definition) is 2. The molecule has 6 atom stereocenters. The fourth-order valence-corrected chi connectivity index (χ4v) is 7.72. The number of amides is 1. The van der Waals surface area contributed by atoms with Crippen molar-refractivity contribution in [3.05, 3.63) is 27.2 Å². The van der Waals surface area contributed by atoms with Gasteiger partial charge in [-0.3, -0.25) is 9.59 Å². The smallest absolute Gasteiger partial charge is 0.255 e. The zero-order chi connectivity index (χ0) is 22.5. The minimum Gasteiger partial charge on any atom is -0.485 e. The second-order valence-electron chi connectivity index (χ2n) is 10.7. The maximum absolute atomic E-state index is 13.1. The van der Waals surface area contributed by atoms with E-state index in [-0.39, 0.29) is 29.4 Å². The number of carbonyl (C=O) groups is 2. The van der Waals surface area contributed by atoms with Crippen LogP contribution in [0.3, 0.4) is 0 Å². The number of methoxy groups -OCH3 is 1. The molecule has 2 heterocycles. The second kappa shape index (κ2) is 6.55. The molecule has 1 aromatic rings. The number of benzene rings is 1. The lowest BCUT2D eigenvalue weighted by molar-refractivity contribution is -0.227. The minimum absolute atomic E-state index is 0.0207. The molecule has 2 saturated carbocycles. The predicted molar refractivity (Wildman–Crippen MR) is 118 cm³/mol. The normalized spacial score (nSPS) is 40.2. The molecule has 7 heteroatoms. The van der Waals surface area contributed by atoms with Crippen molar-refractivity contribution in [1.29, 1.82) is 0 Å². The van der Waals surface area contributed by atoms with Crippen LogP contribution in [0.4, 0.5) is 0 Å². The van der Waals surface area contributed by atoms with Gasteiger partial charge >= 0.3 is 0 Å². The summed E-state index contributed by atoms with van der Waals surface area (Å²) in [4.78, 5) is 25.8. The second-order valence-corrected chi connectivity index (χ2v) is 11.6. The van der Waals surface area contributed by atoms with Crippen molar-refractivity contribution in [1.82, 2.24) is 5.32 Å². The third kappa shape index (κ3) is 2.51. The molecular formula is C24H30BrNO5. The van der Waals surface area contributed by atoms with Gasteiger partial charge in [-0.25, -0.2) is 0 Å². The van der Waals surface area contributed by atoms with E-state index in [1.54, 1.807) is 7.11 Å². The Balaban J connectivity index is 1.76. The van der Waals surface area contributed by atoms with E-state index in [0.29, 0.717) is 22.8 Å². The van der Waals surface area contributed by atoms with E-state index in [2.05, 4.69) is 35.1 Å². The number of aliphatic hydroxyl groups excluding tert-OH is 1. The summed E-state index contributed by atoms with van der Waals surface area (Å²) in [6, 6.07) is 1.99. The number of ketones is 1. The van der Waals surface area contributed by atoms with Crippen LogP contribution < -0.4 is 10.1 Å². The zero-order valence-corrected chi connectivity index (χ0v) is 20.3. The van der Waals surface area contributed by atoms with Crippen molar-refractivity contribution >= 4 is 27.6 Å². The molecule has 2 N–H and O–H groups in total. The van der Waals surface area contributed by atoms with Gasteiger partial charge in [0.05, 0.1) is 11.1 Å². The lowest BCUT2D eigenvalue weighted by Crippen LogP contribution is -2.72. The molecule has 1 amide bonds. The quantitative estimate of drug-likeness (QED) is 0.621. The van der Waals surface area contributed by atoms with E-state index in [1.165, 1.54) is 0 Å². The average Bonchev–Trinajstić information content (AvgIpc) is 3.04. The van der Waals surface area contributed by atoms with Gasteiger partial charge in [0.2, 0.25) is 0 Å². The predicted octanol–water partition coefficient (Wildman–Crippen LogP) is 3.92. The van der Waals surface area contributed by atoms with Crippen LogP contribution in [0.1, 0.15) is 74.7 Å². The van der Waals surface area contributed by atoms with Crippen LogP contribution >= 0.6 is 15.9 Å². The van der Waals surface area contributed by atoms with Gasteiger partial charge in [0.25, 0.3) is 5.91 Å². The first kappa shape index (κ1) is 21.4. The van der Waals surface area contributed by atoms with Gasteiger partial charge in [0.15, 0.2) is 12.0 Å². The Morgan fingerprint density at radius 3 is 2.61 bits per heavy atom. The fourth-order valence-electron chi connectivity index (χ4n) is 7.05. The van der Waals surface area contributed by atoms with Crippen molar-refractivity contribution < 1.29 is 24.2 Å². The molecule has 0 saturated heterocycles. The summed E-state index contributed by atoms with van der Waals surface area (Å²) in [7, 11) is 1.56. The van der Waals surface area contributed by atoms with E-state index in [0.717, 1.165) is 29.3 Å². The lowest BCUT2D eigenvalue weighted by atomic mass is 9.43. The number of ether oxygens (including phenoxy) is 2. The number of fused-ring (bicyclic) bond motifs is 3. The summed E-state index contributed by atoms with van der Waals surface area (Å²) in [5.41, 5.74) is 0.669. The Morgan fingerprint density at radius 1 is 1.23 bits per heavy atom. The van der Waals surface area contributed by atoms with Crippen LogP contribution in [0.25, 0.3) is 0 Å². The summed E-state index contributed by atoms with van der Waals surface area (Å²) in [5, 5.41) is 13.7. The maximum atomic E-state index is 13.1. The molecule has 2 aliphatic carbocycles. The maximum Gasteiger partial charge on any atom is 0.255 e. The number of hydrogen-bond acceptors (Lipinski definition) is 5. The van der Waals surface area contributed by atoms with Gasteiger partial charge in [0.1, 0.15) is 17.5 Å². The summed E-state index contributed by atoms with van der Waals surface area (Å²) in [6.07, 6.45) is 1.28. The molecule has 5 rings (SSSR count). The fraction of sp³-hybridized carbons (Fsp3) is 0.667. The summed E-state index contributed by atoms with van der Waals surface area (Å²) >= 11 is 3.59. The molecule has 0 bridgehead atoms. The largest absolute Gasteiger partial charge is 0.485 e. The molecule has 4 aliphatic rings. The Labute approximate surface area is 191 Å². The van der Waals surface area contributed by atoms with Crippen molar-refractivity contribution in [3.8, 4) is 5.75 Å². The van der Waals surface area contributed by atoms with Crippen LogP contribution in [0, 0.1) is 22.7 Å². The van der Waals surface area contributed by atoms with Gasteiger partial charge in [-0.15, -0.1) is 0 Å². The Hall–Kier alpha value is -1.44. The number of aliphatic hydroxyl groups is 1. The Morgan fingerprint density at radius 2 is 1.94 bits per heavy atom. The highest BCUT2D eigenvalue weighted by atomic mass is 79.9. The molecular weight excluding hydrogens is 462 g/mol. The van der Waals surface area contributed by atoms with E-state index >= 15 is 0 Å². The standard InChI is InChI=1S/C24H30BrNO5/c1-11-6-7-15-22(2,3)19(28)14(27)10-24(15)23(11,4)9-12-8-13(25)16-17(18(12)31-24)21(30-5)26-20(16)29/h8,11,15,19,21,28H,6-7,9-10H2,1-5H3,(H,26,29)/t11-,15-,19?,21+,23+,24-/m0/s1. The number of carbonyl (C=O) groups excluding carboxylic acids is 2. The molecule has 0 aromatic heterocycles. The highest BCUT2D eigenvalue weighted by Gasteiger charge is 2.69. The van der Waals surface area contributed by atoms with Crippen LogP contribution in [0.2, 0.25) is 0 Å². The van der Waals surface area contributed by atoms with Crippen LogP contribution in [-0.2, 0) is 16.0 Å². The number of halogens is 1. The first-order valence-electron chi connectivity index (χ1n) is 11.1. The minimum atomic E-state index is -0.989. The van der Waals surface area contributed by atoms with Crippen LogP contribution in [-0.4, -0.2) is 35.6 Å². The van der Waals surface area contributed by atoms with E-state index < -0.39 is 23.3 Å². The van der Waals surface area contributed by atoms with Gasteiger partial charge in [-0.1, -0.05) is 27.7 Å². The monoisotopic (exact) mass is 491 g/mol. The van der Waals surface area contributed by atoms with Gasteiger partial charge in [-0.2, -0.15) is 0 Å². The average molecular weight is 492 g/mol. The number of nitrogens with one attached hydrogen (secondary N) is 1. The first-order chi connectivity index (χ1) is 14.5. The topological polar surface area (TPSA) is 84.9 Å². The van der Waals surface area contributed by atoms with Crippen molar-refractivity contribution in [2.45, 2.75) is 71.3 Å². The van der Waals surface area contributed by atoms with Crippen molar-refractivity contribution in [2.75, 3.05) is 7.11 Å². The molecule has 1 unspecified atom stereocenters. The highest BCUT2D eigenvalue weighted by molar-refractivity contribution is 9.10. The number of Topliss-reactive ketones (excluding diaryl/α,β-unsaturated/α-hetero) is 1. The Bertz CT molecular complexity index is 1010. The molecule has 1 spiro atoms. The third-order valence-electron chi connectivity index (χ3n) is 9.02. The molecule has 6 nitrogen and oxygen atoms in total. The molecule has 2 aliphatic heterocycles. The van der Waals surface area contributed by atoms with E-state index in [1.807, 2.05) is 19.9 Å². The van der Waals surface area contributed by atoms with Gasteiger partial charge < -0.3 is 19.9 Å². The molecule has 31 heavy (non-hydrogen) atoms. The molecule has 1 aromatic carbocycles. The SMILES string of the molecule is CO[C@H]1NC(=O)c2c(Br)cc3c(c21)O[C@@]12CC(=O)C(O)C(C)(C)[C@@H]1CC[C@H](C)[C@@]2(C)C3. The van der Waals surface area contributed by atoms with Crippen LogP contribution in [0.5, 0.6) is 5.75 Å². The van der Waals surface area contributed by atoms with Crippen molar-refractivity contribution in [2.24, 2.45) is 22.7 Å². The lowest BCUT2D eigenvalue weighted by Gasteiger charge is -2.66. The molecule has 0 radical (unpaired) electrons. The Kier molecular flexibility index (Phi) is 4.52. The van der Waals surface area contributed by atoms with Crippen molar-refractivity contribution in [3.63, 3.8) is 0 Å². The van der Waals surface area contributed by atoms with E-state index in [4.69, 9.17) is 9.47 Å². The van der Waals surface area contributed by atoms with Crippen LogP contribution in [0.15, 0.2) is 10.5 Å². The number of rotatable bonds is 1. The van der Waals surface area contributed by atoms with E-state index in [9.17, 15) is 14.7 Å². The first-order valence-corrected chi connectivity index (χ1v) is 11.9.